The van der Waals surface area contributed by atoms with E-state index in [0.717, 1.165) is 37.5 Å². The first-order chi connectivity index (χ1) is 35.0. The van der Waals surface area contributed by atoms with Crippen molar-refractivity contribution >= 4 is 40.0 Å². The molecule has 0 aromatic heterocycles. The van der Waals surface area contributed by atoms with Crippen LogP contribution in [0.5, 0.6) is 34.5 Å². The fourth-order valence-corrected chi connectivity index (χ4v) is 11.3. The van der Waals surface area contributed by atoms with Gasteiger partial charge >= 0.3 is 0 Å². The van der Waals surface area contributed by atoms with Gasteiger partial charge in [0.05, 0.1) is 51.8 Å². The zero-order valence-corrected chi connectivity index (χ0v) is 41.9. The lowest BCUT2D eigenvalue weighted by Gasteiger charge is -2.29. The van der Waals surface area contributed by atoms with Gasteiger partial charge in [-0.2, -0.15) is 5.26 Å². The van der Waals surface area contributed by atoms with Crippen LogP contribution in [0.4, 0.5) is 28.4 Å². The number of phenols is 2. The molecule has 0 heterocycles. The number of fused-ring (bicyclic) bond motifs is 2. The van der Waals surface area contributed by atoms with Gasteiger partial charge in [-0.1, -0.05) is 82.7 Å². The van der Waals surface area contributed by atoms with E-state index in [0.29, 0.717) is 57.1 Å². The van der Waals surface area contributed by atoms with Gasteiger partial charge in [0, 0.05) is 23.5 Å². The van der Waals surface area contributed by atoms with E-state index >= 15 is 9.59 Å². The van der Waals surface area contributed by atoms with Crippen molar-refractivity contribution in [1.82, 2.24) is 0 Å². The largest absolute Gasteiger partial charge is 0.504 e. The van der Waals surface area contributed by atoms with Crippen molar-refractivity contribution in [1.29, 1.82) is 5.26 Å². The van der Waals surface area contributed by atoms with Gasteiger partial charge in [0.15, 0.2) is 28.7 Å². The molecule has 368 valence electrons. The number of anilines is 4. The lowest BCUT2D eigenvalue weighted by Crippen LogP contribution is -2.24. The monoisotopic (exact) mass is 960 g/mol. The average Bonchev–Trinajstić information content (AvgIpc) is 3.39. The van der Waals surface area contributed by atoms with E-state index in [4.69, 9.17) is 16.0 Å². The van der Waals surface area contributed by atoms with Gasteiger partial charge in [-0.25, -0.2) is 4.85 Å². The van der Waals surface area contributed by atoms with E-state index in [1.807, 2.05) is 31.2 Å². The third-order valence-corrected chi connectivity index (χ3v) is 15.4. The summed E-state index contributed by atoms with van der Waals surface area (Å²) < 4.78 is 12.8. The molecule has 10 nitrogen and oxygen atoms in total. The molecule has 6 aromatic carbocycles. The Hall–Kier alpha value is -7.56. The van der Waals surface area contributed by atoms with Crippen molar-refractivity contribution in [3.63, 3.8) is 0 Å². The molecule has 3 aliphatic rings. The van der Waals surface area contributed by atoms with Crippen LogP contribution in [-0.4, -0.2) is 21.8 Å². The van der Waals surface area contributed by atoms with Gasteiger partial charge in [-0.05, 0) is 166 Å². The molecule has 3 aliphatic carbocycles. The van der Waals surface area contributed by atoms with Gasteiger partial charge < -0.3 is 30.3 Å². The summed E-state index contributed by atoms with van der Waals surface area (Å²) in [5.74, 6) is 0.689. The number of aryl methyl sites for hydroxylation is 2. The number of aromatic hydroxyl groups is 2. The molecule has 2 saturated carbocycles. The summed E-state index contributed by atoms with van der Waals surface area (Å²) in [5.41, 5.74) is 5.14. The minimum absolute atomic E-state index is 0.0612. The number of nitrogens with one attached hydrogen (secondary N) is 2. The quantitative estimate of drug-likeness (QED) is 0.0549. The van der Waals surface area contributed by atoms with Crippen molar-refractivity contribution in [2.75, 3.05) is 10.6 Å². The fraction of sp³-hybridized carbons (Fsp3) is 0.355. The van der Waals surface area contributed by atoms with E-state index in [1.165, 1.54) is 87.5 Å². The topological polar surface area (TPSA) is 145 Å². The molecule has 0 radical (unpaired) electrons. The van der Waals surface area contributed by atoms with E-state index in [-0.39, 0.29) is 45.1 Å². The third kappa shape index (κ3) is 10.4. The Bertz CT molecular complexity index is 2870. The molecule has 72 heavy (non-hydrogen) atoms. The number of hydrogen-bond acceptors (Lipinski definition) is 9. The Labute approximate surface area is 423 Å². The molecular weight excluding hydrogens is 897 g/mol. The number of unbranched alkanes of at least 4 members (excludes halogenated alkanes) is 2. The summed E-state index contributed by atoms with van der Waals surface area (Å²) in [7, 11) is 0. The van der Waals surface area contributed by atoms with Crippen molar-refractivity contribution in [2.24, 2.45) is 11.8 Å². The second-order valence-electron chi connectivity index (χ2n) is 20.3. The van der Waals surface area contributed by atoms with Crippen molar-refractivity contribution in [3.8, 4) is 40.6 Å². The van der Waals surface area contributed by atoms with Gasteiger partial charge in [-0.3, -0.25) is 9.59 Å². The van der Waals surface area contributed by atoms with Crippen LogP contribution in [0.15, 0.2) is 97.1 Å². The summed E-state index contributed by atoms with van der Waals surface area (Å²) in [5, 5.41) is 40.7. The molecule has 0 atom stereocenters. The number of nitrogens with zero attached hydrogens (tertiary/aromatic N) is 2. The molecule has 4 N–H and O–H groups in total. The minimum atomic E-state index is -0.737. The number of nitriles is 1. The van der Waals surface area contributed by atoms with E-state index in [9.17, 15) is 15.5 Å². The Morgan fingerprint density at radius 2 is 1.03 bits per heavy atom. The van der Waals surface area contributed by atoms with E-state index < -0.39 is 23.1 Å². The number of benzene rings is 6. The lowest BCUT2D eigenvalue weighted by molar-refractivity contribution is 0.0974. The van der Waals surface area contributed by atoms with Crippen LogP contribution < -0.4 is 20.1 Å². The Morgan fingerprint density at radius 3 is 1.42 bits per heavy atom. The van der Waals surface area contributed by atoms with Gasteiger partial charge in [-0.15, -0.1) is 0 Å². The zero-order chi connectivity index (χ0) is 50.5. The molecule has 0 aliphatic heterocycles. The third-order valence-electron chi connectivity index (χ3n) is 15.4. The van der Waals surface area contributed by atoms with Crippen LogP contribution in [0.2, 0.25) is 0 Å². The number of carbonyl (C=O) groups is 2. The summed E-state index contributed by atoms with van der Waals surface area (Å²) in [6, 6.07) is 31.1. The molecule has 10 heteroatoms. The SMILES string of the molecule is [C-]#[N+]c1ccc(Nc2cc(Oc3ccc(C4CCC(CCCC)CC4)cc3)c(O)c3c2C(=O)c2c(O)c(Oc4ccc(C5CCC(CCCC)CC5)cc4)cc(Nc4ccc(C#N)c(C)c4)c2C3=O)cc1C. The molecule has 0 saturated heterocycles. The predicted molar refractivity (Wildman–Crippen MR) is 284 cm³/mol. The maximum Gasteiger partial charge on any atom is 0.200 e. The maximum atomic E-state index is 15.3. The minimum Gasteiger partial charge on any atom is -0.504 e. The van der Waals surface area contributed by atoms with Crippen LogP contribution in [0, 0.1) is 43.6 Å². The fourth-order valence-electron chi connectivity index (χ4n) is 11.3. The maximum absolute atomic E-state index is 15.3. The van der Waals surface area contributed by atoms with Crippen LogP contribution in [0.1, 0.15) is 175 Å². The van der Waals surface area contributed by atoms with Crippen molar-refractivity contribution in [3.05, 3.63) is 159 Å². The molecule has 0 bridgehead atoms. The second-order valence-corrected chi connectivity index (χ2v) is 20.3. The smallest absolute Gasteiger partial charge is 0.200 e. The number of ether oxygens (including phenoxy) is 2. The summed E-state index contributed by atoms with van der Waals surface area (Å²) in [6.45, 7) is 15.7. The Balaban J connectivity index is 1.09. The van der Waals surface area contributed by atoms with Crippen LogP contribution in [0.25, 0.3) is 4.85 Å². The first-order valence-corrected chi connectivity index (χ1v) is 25.9. The first kappa shape index (κ1) is 49.4. The van der Waals surface area contributed by atoms with Crippen LogP contribution >= 0.6 is 0 Å². The van der Waals surface area contributed by atoms with Gasteiger partial charge in [0.1, 0.15) is 11.5 Å². The van der Waals surface area contributed by atoms with Crippen molar-refractivity contribution < 1.29 is 29.3 Å². The highest BCUT2D eigenvalue weighted by Crippen LogP contribution is 2.51. The van der Waals surface area contributed by atoms with Crippen molar-refractivity contribution in [2.45, 2.75) is 129 Å². The molecular formula is C62H64N4O6. The van der Waals surface area contributed by atoms with E-state index in [2.05, 4.69) is 59.7 Å². The van der Waals surface area contributed by atoms with Crippen LogP contribution in [0.3, 0.4) is 0 Å². The predicted octanol–water partition coefficient (Wildman–Crippen LogP) is 16.9. The molecule has 0 spiro atoms. The van der Waals surface area contributed by atoms with E-state index in [1.54, 1.807) is 43.3 Å². The average molecular weight is 961 g/mol. The molecule has 6 aromatic rings. The molecule has 9 rings (SSSR count). The number of ketones is 2. The highest BCUT2D eigenvalue weighted by Gasteiger charge is 2.41. The first-order valence-electron chi connectivity index (χ1n) is 25.9. The number of hydrogen-bond donors (Lipinski definition) is 4. The Kier molecular flexibility index (Phi) is 15.0. The number of phenolic OH excluding ortho intramolecular Hbond substituents is 2. The summed E-state index contributed by atoms with van der Waals surface area (Å²) in [6.07, 6.45) is 17.0. The van der Waals surface area contributed by atoms with Crippen LogP contribution in [-0.2, 0) is 0 Å². The highest BCUT2D eigenvalue weighted by molar-refractivity contribution is 6.34. The number of rotatable bonds is 16. The molecule has 2 fully saturated rings. The normalized spacial score (nSPS) is 18.3. The zero-order valence-electron chi connectivity index (χ0n) is 41.9. The van der Waals surface area contributed by atoms with Gasteiger partial charge in [0.25, 0.3) is 0 Å². The molecule has 0 amide bonds. The number of carbonyl (C=O) groups excluding carboxylic acids is 2. The summed E-state index contributed by atoms with van der Waals surface area (Å²) in [4.78, 5) is 34.2. The van der Waals surface area contributed by atoms with Gasteiger partial charge in [0.2, 0.25) is 11.6 Å². The standard InChI is InChI=1S/C62H64N4O6/c1-6-8-10-39-12-16-41(17-13-39)43-21-27-48(28-22-43)71-53-34-51(65-46-25-20-45(36-63)37(3)32-46)55-57(59(53)67)62(70)56-52(66-47-26-31-50(64-5)38(4)33-47)35-54(60(68)58(56)61(55)69)72-49-29-23-44(24-30-49)42-18-14-40(15-19-42)11-9-7-2/h20-35,39-42,65-68H,6-19H2,1-4H3. The highest BCUT2D eigenvalue weighted by atomic mass is 16.5. The Morgan fingerprint density at radius 1 is 0.597 bits per heavy atom. The second kappa shape index (κ2) is 21.8. The molecule has 0 unspecified atom stereocenters. The lowest BCUT2D eigenvalue weighted by atomic mass is 9.77. The summed E-state index contributed by atoms with van der Waals surface area (Å²) >= 11 is 0.